The number of anilines is 1. The Bertz CT molecular complexity index is 548. The Morgan fingerprint density at radius 2 is 2.25 bits per heavy atom. The summed E-state index contributed by atoms with van der Waals surface area (Å²) in [5.74, 6) is -0.267. The first-order valence-electron chi connectivity index (χ1n) is 6.39. The molecule has 0 radical (unpaired) electrons. The lowest BCUT2D eigenvalue weighted by molar-refractivity contribution is -0.141. The van der Waals surface area contributed by atoms with Crippen LogP contribution in [0, 0.1) is 0 Å². The molecule has 6 heteroatoms. The van der Waals surface area contributed by atoms with E-state index in [-0.39, 0.29) is 24.5 Å². The Balaban J connectivity index is 2.47. The molecule has 108 valence electrons. The van der Waals surface area contributed by atoms with Gasteiger partial charge in [-0.25, -0.2) is 0 Å². The van der Waals surface area contributed by atoms with E-state index in [1.54, 1.807) is 6.07 Å². The molecule has 0 saturated carbocycles. The zero-order chi connectivity index (χ0) is 14.9. The fourth-order valence-electron chi connectivity index (χ4n) is 2.44. The van der Waals surface area contributed by atoms with E-state index in [9.17, 15) is 4.79 Å². The van der Waals surface area contributed by atoms with Crippen LogP contribution in [0.15, 0.2) is 18.2 Å². The highest BCUT2D eigenvalue weighted by Gasteiger charge is 2.33. The van der Waals surface area contributed by atoms with Gasteiger partial charge in [0, 0.05) is 22.3 Å². The van der Waals surface area contributed by atoms with Crippen LogP contribution in [0.5, 0.6) is 0 Å². The van der Waals surface area contributed by atoms with Gasteiger partial charge in [-0.15, -0.1) is 0 Å². The Kier molecular flexibility index (Phi) is 4.50. The van der Waals surface area contributed by atoms with E-state index in [1.807, 2.05) is 30.9 Å². The van der Waals surface area contributed by atoms with Gasteiger partial charge >= 0.3 is 5.97 Å². The van der Waals surface area contributed by atoms with Crippen molar-refractivity contribution in [3.8, 4) is 0 Å². The number of hydrogen-bond donors (Lipinski definition) is 1. The number of thiocarbonyl (C=S) groups is 1. The first-order chi connectivity index (χ1) is 9.43. The Hall–Kier alpha value is -1.33. The summed E-state index contributed by atoms with van der Waals surface area (Å²) >= 11 is 11.5. The fourth-order valence-corrected chi connectivity index (χ4v) is 3.07. The molecule has 4 nitrogen and oxygen atoms in total. The van der Waals surface area contributed by atoms with Crippen molar-refractivity contribution in [2.24, 2.45) is 0 Å². The highest BCUT2D eigenvalue weighted by atomic mass is 35.5. The first kappa shape index (κ1) is 15.1. The van der Waals surface area contributed by atoms with Gasteiger partial charge in [0.2, 0.25) is 0 Å². The summed E-state index contributed by atoms with van der Waals surface area (Å²) in [6.45, 7) is 4.07. The summed E-state index contributed by atoms with van der Waals surface area (Å²) in [5, 5.41) is 4.44. The van der Waals surface area contributed by atoms with Crippen LogP contribution in [0.4, 0.5) is 5.69 Å². The van der Waals surface area contributed by atoms with Gasteiger partial charge in [0.25, 0.3) is 0 Å². The van der Waals surface area contributed by atoms with E-state index >= 15 is 0 Å². The van der Waals surface area contributed by atoms with Crippen LogP contribution >= 0.6 is 23.8 Å². The number of hydrogen-bond acceptors (Lipinski definition) is 3. The lowest BCUT2D eigenvalue weighted by atomic mass is 9.97. The average Bonchev–Trinajstić information content (AvgIpc) is 2.38. The largest absolute Gasteiger partial charge is 0.469 e. The van der Waals surface area contributed by atoms with E-state index in [4.69, 9.17) is 28.6 Å². The highest BCUT2D eigenvalue weighted by molar-refractivity contribution is 7.80. The number of carbonyl (C=O) groups is 1. The molecule has 1 aliphatic rings. The van der Waals surface area contributed by atoms with Gasteiger partial charge in [0.05, 0.1) is 19.6 Å². The van der Waals surface area contributed by atoms with E-state index < -0.39 is 0 Å². The molecule has 0 aliphatic carbocycles. The normalized spacial score (nSPS) is 17.8. The monoisotopic (exact) mass is 312 g/mol. The first-order valence-corrected chi connectivity index (χ1v) is 7.18. The summed E-state index contributed by atoms with van der Waals surface area (Å²) in [7, 11) is 1.39. The number of halogens is 1. The van der Waals surface area contributed by atoms with Crippen molar-refractivity contribution in [2.45, 2.75) is 32.4 Å². The second-order valence-corrected chi connectivity index (χ2v) is 5.78. The maximum atomic E-state index is 11.7. The minimum atomic E-state index is -0.267. The molecule has 1 aromatic rings. The third kappa shape index (κ3) is 2.88. The topological polar surface area (TPSA) is 41.6 Å². The number of carbonyl (C=O) groups excluding carboxylic acids is 1. The molecule has 0 aromatic heterocycles. The molecule has 0 spiro atoms. The summed E-state index contributed by atoms with van der Waals surface area (Å²) in [4.78, 5) is 13.7. The number of nitrogens with zero attached hydrogens (tertiary/aromatic N) is 1. The van der Waals surface area contributed by atoms with Gasteiger partial charge < -0.3 is 15.0 Å². The summed E-state index contributed by atoms with van der Waals surface area (Å²) in [6.07, 6.45) is 0.240. The lowest BCUT2D eigenvalue weighted by Gasteiger charge is -2.41. The number of rotatable bonds is 3. The molecule has 0 saturated heterocycles. The average molecular weight is 313 g/mol. The fraction of sp³-hybridized carbons (Fsp3) is 0.429. The molecule has 0 fully saturated rings. The van der Waals surface area contributed by atoms with Crippen molar-refractivity contribution in [1.82, 2.24) is 4.90 Å². The summed E-state index contributed by atoms with van der Waals surface area (Å²) < 4.78 is 4.80. The molecule has 1 atom stereocenters. The molecule has 1 heterocycles. The van der Waals surface area contributed by atoms with E-state index in [1.165, 1.54) is 7.11 Å². The zero-order valence-electron chi connectivity index (χ0n) is 11.6. The van der Waals surface area contributed by atoms with Crippen LogP contribution in [-0.2, 0) is 9.53 Å². The maximum absolute atomic E-state index is 11.7. The minimum absolute atomic E-state index is 0.162. The number of methoxy groups -OCH3 is 1. The number of ether oxygens (including phenoxy) is 1. The summed E-state index contributed by atoms with van der Waals surface area (Å²) in [5.41, 5.74) is 1.86. The molecule has 20 heavy (non-hydrogen) atoms. The van der Waals surface area contributed by atoms with Crippen molar-refractivity contribution < 1.29 is 9.53 Å². The predicted octanol–water partition coefficient (Wildman–Crippen LogP) is 3.37. The van der Waals surface area contributed by atoms with Crippen LogP contribution < -0.4 is 5.32 Å². The van der Waals surface area contributed by atoms with E-state index in [2.05, 4.69) is 5.32 Å². The zero-order valence-corrected chi connectivity index (χ0v) is 13.2. The molecule has 1 aliphatic heterocycles. The van der Waals surface area contributed by atoms with Gasteiger partial charge in [0.15, 0.2) is 5.11 Å². The molecule has 1 aromatic carbocycles. The standard InChI is InChI=1S/C14H17ClN2O2S/c1-8(2)17-12(7-13(18)19-3)10-6-9(15)4-5-11(10)16-14(17)20/h4-6,8,12H,7H2,1-3H3,(H,16,20). The second-order valence-electron chi connectivity index (χ2n) is 4.96. The number of esters is 1. The molecule has 1 unspecified atom stereocenters. The van der Waals surface area contributed by atoms with Gasteiger partial charge in [-0.2, -0.15) is 0 Å². The van der Waals surface area contributed by atoms with Gasteiger partial charge in [0.1, 0.15) is 0 Å². The van der Waals surface area contributed by atoms with Crippen molar-refractivity contribution in [1.29, 1.82) is 0 Å². The summed E-state index contributed by atoms with van der Waals surface area (Å²) in [6, 6.07) is 5.55. The lowest BCUT2D eigenvalue weighted by Crippen LogP contribution is -2.46. The SMILES string of the molecule is COC(=O)CC1c2cc(Cl)ccc2NC(=S)N1C(C)C. The number of nitrogens with one attached hydrogen (secondary N) is 1. The van der Waals surface area contributed by atoms with Crippen molar-refractivity contribution in [2.75, 3.05) is 12.4 Å². The van der Waals surface area contributed by atoms with Crippen molar-refractivity contribution >= 4 is 40.6 Å². The van der Waals surface area contributed by atoms with E-state index in [0.717, 1.165) is 11.3 Å². The minimum Gasteiger partial charge on any atom is -0.469 e. The van der Waals surface area contributed by atoms with Crippen LogP contribution in [-0.4, -0.2) is 29.1 Å². The van der Waals surface area contributed by atoms with Crippen LogP contribution in [0.2, 0.25) is 5.02 Å². The van der Waals surface area contributed by atoms with Gasteiger partial charge in [-0.3, -0.25) is 4.79 Å². The molecule has 2 rings (SSSR count). The smallest absolute Gasteiger partial charge is 0.307 e. The van der Waals surface area contributed by atoms with Gasteiger partial charge in [-0.1, -0.05) is 11.6 Å². The third-order valence-corrected chi connectivity index (χ3v) is 3.88. The highest BCUT2D eigenvalue weighted by Crippen LogP contribution is 2.38. The predicted molar refractivity (Wildman–Crippen MR) is 84.0 cm³/mol. The molecule has 1 N–H and O–H groups in total. The van der Waals surface area contributed by atoms with Crippen molar-refractivity contribution in [3.63, 3.8) is 0 Å². The number of fused-ring (bicyclic) bond motifs is 1. The Morgan fingerprint density at radius 1 is 1.55 bits per heavy atom. The Morgan fingerprint density at radius 3 is 2.85 bits per heavy atom. The van der Waals surface area contributed by atoms with E-state index in [0.29, 0.717) is 10.1 Å². The molecular weight excluding hydrogens is 296 g/mol. The van der Waals surface area contributed by atoms with Crippen LogP contribution in [0.1, 0.15) is 31.9 Å². The quantitative estimate of drug-likeness (QED) is 0.684. The molecular formula is C14H17ClN2O2S. The van der Waals surface area contributed by atoms with Crippen molar-refractivity contribution in [3.05, 3.63) is 28.8 Å². The maximum Gasteiger partial charge on any atom is 0.307 e. The van der Waals surface area contributed by atoms with Crippen LogP contribution in [0.3, 0.4) is 0 Å². The van der Waals surface area contributed by atoms with Gasteiger partial charge in [-0.05, 0) is 44.3 Å². The number of benzene rings is 1. The third-order valence-electron chi connectivity index (χ3n) is 3.33. The molecule has 0 bridgehead atoms. The Labute approximate surface area is 129 Å². The second kappa shape index (κ2) is 5.97. The van der Waals surface area contributed by atoms with Crippen LogP contribution in [0.25, 0.3) is 0 Å². The molecule has 0 amide bonds.